The summed E-state index contributed by atoms with van der Waals surface area (Å²) in [5, 5.41) is 9.34. The Morgan fingerprint density at radius 2 is 1.77 bits per heavy atom. The topological polar surface area (TPSA) is 84.3 Å². The molecule has 2 aromatic carbocycles. The summed E-state index contributed by atoms with van der Waals surface area (Å²) in [4.78, 5) is 13.8. The van der Waals surface area contributed by atoms with Crippen LogP contribution in [0.3, 0.4) is 0 Å². The van der Waals surface area contributed by atoms with Crippen LogP contribution in [0.5, 0.6) is 0 Å². The normalized spacial score (nSPS) is 11.5. The first-order valence-corrected chi connectivity index (χ1v) is 10.5. The van der Waals surface area contributed by atoms with Crippen LogP contribution in [-0.2, 0) is 16.3 Å². The molecular formula is C21H16ClF2NO4S. The van der Waals surface area contributed by atoms with Gasteiger partial charge in [0.05, 0.1) is 4.90 Å². The van der Waals surface area contributed by atoms with Crippen LogP contribution < -0.4 is 0 Å². The van der Waals surface area contributed by atoms with Gasteiger partial charge in [-0.05, 0) is 72.5 Å². The van der Waals surface area contributed by atoms with Crippen molar-refractivity contribution < 1.29 is 27.1 Å². The molecule has 0 atom stereocenters. The van der Waals surface area contributed by atoms with Crippen LogP contribution in [0.15, 0.2) is 52.4 Å². The van der Waals surface area contributed by atoms with Crippen molar-refractivity contribution in [2.75, 3.05) is 0 Å². The maximum absolute atomic E-state index is 15.2. The molecule has 0 radical (unpaired) electrons. The Labute approximate surface area is 176 Å². The Kier molecular flexibility index (Phi) is 5.92. The second-order valence-electron chi connectivity index (χ2n) is 6.77. The van der Waals surface area contributed by atoms with E-state index < -0.39 is 32.3 Å². The summed E-state index contributed by atoms with van der Waals surface area (Å²) in [6, 6.07) is 6.75. The third-order valence-corrected chi connectivity index (χ3v) is 6.80. The average molecular weight is 452 g/mol. The monoisotopic (exact) mass is 451 g/mol. The molecule has 0 saturated heterocycles. The lowest BCUT2D eigenvalue weighted by molar-refractivity contribution is 0.0690. The number of aromatic carboxylic acids is 1. The van der Waals surface area contributed by atoms with Crippen LogP contribution in [0.2, 0.25) is 5.02 Å². The smallest absolute Gasteiger partial charge is 0.354 e. The fourth-order valence-corrected chi connectivity index (χ4v) is 4.53. The van der Waals surface area contributed by atoms with E-state index in [0.717, 1.165) is 6.07 Å². The molecule has 0 aliphatic heterocycles. The minimum absolute atomic E-state index is 0.162. The number of rotatable bonds is 5. The number of aryl methyl sites for hydroxylation is 2. The number of carboxylic acid groups (broad SMARTS) is 1. The molecule has 0 amide bonds. The quantitative estimate of drug-likeness (QED) is 0.605. The molecule has 0 fully saturated rings. The van der Waals surface area contributed by atoms with Gasteiger partial charge in [0.2, 0.25) is 9.84 Å². The van der Waals surface area contributed by atoms with E-state index in [9.17, 15) is 17.6 Å². The summed E-state index contributed by atoms with van der Waals surface area (Å²) >= 11 is 5.92. The standard InChI is InChI=1S/C21H16ClF2NO4S/c1-11-6-18(21(26)27)25-10-14(11)7-13-8-15(23)9-19(20(13)24)30(28,29)16-3-4-17(22)12(2)5-16/h3-6,8-10H,7H2,1-2H3,(H,26,27). The lowest BCUT2D eigenvalue weighted by Crippen LogP contribution is -2.09. The number of pyridine rings is 1. The number of carbonyl (C=O) groups is 1. The van der Waals surface area contributed by atoms with Gasteiger partial charge < -0.3 is 5.11 Å². The van der Waals surface area contributed by atoms with Crippen LogP contribution in [0, 0.1) is 25.5 Å². The van der Waals surface area contributed by atoms with E-state index in [4.69, 9.17) is 16.7 Å². The van der Waals surface area contributed by atoms with Gasteiger partial charge in [-0.15, -0.1) is 0 Å². The van der Waals surface area contributed by atoms with Crippen LogP contribution in [0.25, 0.3) is 0 Å². The molecule has 0 spiro atoms. The maximum atomic E-state index is 15.2. The highest BCUT2D eigenvalue weighted by Gasteiger charge is 2.26. The summed E-state index contributed by atoms with van der Waals surface area (Å²) in [5.41, 5.74) is 1.05. The van der Waals surface area contributed by atoms with Gasteiger partial charge in [-0.1, -0.05) is 11.6 Å². The van der Waals surface area contributed by atoms with Gasteiger partial charge >= 0.3 is 5.97 Å². The summed E-state index contributed by atoms with van der Waals surface area (Å²) in [6.45, 7) is 3.21. The Hall–Kier alpha value is -2.84. The zero-order valence-electron chi connectivity index (χ0n) is 15.9. The first-order chi connectivity index (χ1) is 14.0. The van der Waals surface area contributed by atoms with E-state index in [1.165, 1.54) is 30.5 Å². The van der Waals surface area contributed by atoms with Crippen LogP contribution in [-0.4, -0.2) is 24.5 Å². The minimum atomic E-state index is -4.34. The van der Waals surface area contributed by atoms with Gasteiger partial charge in [0, 0.05) is 17.6 Å². The lowest BCUT2D eigenvalue weighted by Gasteiger charge is -2.12. The third-order valence-electron chi connectivity index (χ3n) is 4.63. The van der Waals surface area contributed by atoms with E-state index >= 15 is 4.39 Å². The van der Waals surface area contributed by atoms with Crippen molar-refractivity contribution in [3.05, 3.63) is 87.2 Å². The van der Waals surface area contributed by atoms with E-state index in [2.05, 4.69) is 4.98 Å². The first-order valence-electron chi connectivity index (χ1n) is 8.68. The average Bonchev–Trinajstić information content (AvgIpc) is 2.67. The van der Waals surface area contributed by atoms with E-state index in [-0.39, 0.29) is 22.6 Å². The predicted molar refractivity (Wildman–Crippen MR) is 107 cm³/mol. The second-order valence-corrected chi connectivity index (χ2v) is 9.09. The fraction of sp³-hybridized carbons (Fsp3) is 0.143. The van der Waals surface area contributed by atoms with Gasteiger partial charge in [0.1, 0.15) is 22.2 Å². The molecule has 0 aliphatic rings. The number of sulfone groups is 1. The SMILES string of the molecule is Cc1cc(S(=O)(=O)c2cc(F)cc(Cc3cnc(C(=O)O)cc3C)c2F)ccc1Cl. The van der Waals surface area contributed by atoms with E-state index in [1.54, 1.807) is 13.8 Å². The van der Waals surface area contributed by atoms with Crippen LogP contribution >= 0.6 is 11.6 Å². The number of carboxylic acids is 1. The highest BCUT2D eigenvalue weighted by atomic mass is 35.5. The van der Waals surface area contributed by atoms with Crippen LogP contribution in [0.4, 0.5) is 8.78 Å². The molecule has 0 bridgehead atoms. The molecule has 156 valence electrons. The van der Waals surface area contributed by atoms with Crippen molar-refractivity contribution in [1.82, 2.24) is 4.98 Å². The lowest BCUT2D eigenvalue weighted by atomic mass is 10.0. The minimum Gasteiger partial charge on any atom is -0.477 e. The molecule has 1 aromatic heterocycles. The summed E-state index contributed by atoms with van der Waals surface area (Å²) in [7, 11) is -4.34. The van der Waals surface area contributed by atoms with Crippen molar-refractivity contribution in [3.8, 4) is 0 Å². The zero-order valence-corrected chi connectivity index (χ0v) is 17.5. The molecule has 5 nitrogen and oxygen atoms in total. The largest absolute Gasteiger partial charge is 0.477 e. The molecule has 0 unspecified atom stereocenters. The van der Waals surface area contributed by atoms with Gasteiger partial charge in [0.25, 0.3) is 0 Å². The zero-order chi connectivity index (χ0) is 22.2. The van der Waals surface area contributed by atoms with Crippen molar-refractivity contribution >= 4 is 27.4 Å². The summed E-state index contributed by atoms with van der Waals surface area (Å²) in [6.07, 6.45) is 1.09. The first kappa shape index (κ1) is 21.9. The Morgan fingerprint density at radius 1 is 1.07 bits per heavy atom. The Morgan fingerprint density at radius 3 is 2.37 bits per heavy atom. The third kappa shape index (κ3) is 4.20. The second kappa shape index (κ2) is 8.12. The maximum Gasteiger partial charge on any atom is 0.354 e. The molecule has 1 N–H and O–H groups in total. The fourth-order valence-electron chi connectivity index (χ4n) is 2.95. The molecular weight excluding hydrogens is 436 g/mol. The number of halogens is 3. The van der Waals surface area contributed by atoms with E-state index in [0.29, 0.717) is 27.8 Å². The highest BCUT2D eigenvalue weighted by molar-refractivity contribution is 7.91. The number of nitrogens with zero attached hydrogens (tertiary/aromatic N) is 1. The molecule has 3 aromatic rings. The Balaban J connectivity index is 2.08. The Bertz CT molecular complexity index is 1280. The number of benzene rings is 2. The van der Waals surface area contributed by atoms with Gasteiger partial charge in [-0.3, -0.25) is 0 Å². The van der Waals surface area contributed by atoms with E-state index in [1.807, 2.05) is 0 Å². The molecule has 1 heterocycles. The molecule has 9 heteroatoms. The van der Waals surface area contributed by atoms with Crippen molar-refractivity contribution in [1.29, 1.82) is 0 Å². The van der Waals surface area contributed by atoms with Crippen LogP contribution in [0.1, 0.15) is 32.7 Å². The van der Waals surface area contributed by atoms with Gasteiger partial charge in [0.15, 0.2) is 0 Å². The number of hydrogen-bond donors (Lipinski definition) is 1. The van der Waals surface area contributed by atoms with Crippen molar-refractivity contribution in [2.45, 2.75) is 30.1 Å². The summed E-state index contributed by atoms with van der Waals surface area (Å²) in [5.74, 6) is -3.21. The molecule has 0 saturated carbocycles. The predicted octanol–water partition coefficient (Wildman–Crippen LogP) is 4.75. The van der Waals surface area contributed by atoms with Crippen molar-refractivity contribution in [3.63, 3.8) is 0 Å². The summed E-state index contributed by atoms with van der Waals surface area (Å²) < 4.78 is 55.2. The van der Waals surface area contributed by atoms with Gasteiger partial charge in [-0.25, -0.2) is 27.0 Å². The highest BCUT2D eigenvalue weighted by Crippen LogP contribution is 2.30. The number of hydrogen-bond acceptors (Lipinski definition) is 4. The molecule has 3 rings (SSSR count). The molecule has 0 aliphatic carbocycles. The molecule has 30 heavy (non-hydrogen) atoms. The van der Waals surface area contributed by atoms with Crippen molar-refractivity contribution in [2.24, 2.45) is 0 Å². The number of aromatic nitrogens is 1. The van der Waals surface area contributed by atoms with Gasteiger partial charge in [-0.2, -0.15) is 0 Å².